The highest BCUT2D eigenvalue weighted by Gasteiger charge is 2.22. The molecular formula is C26H36N4S2. The molecule has 172 valence electrons. The van der Waals surface area contributed by atoms with Gasteiger partial charge in [-0.25, -0.2) is 0 Å². The summed E-state index contributed by atoms with van der Waals surface area (Å²) in [6.07, 6.45) is 2.32. The number of rotatable bonds is 8. The summed E-state index contributed by atoms with van der Waals surface area (Å²) < 4.78 is 0. The lowest BCUT2D eigenvalue weighted by molar-refractivity contribution is 0.265. The molecule has 1 aliphatic rings. The quantitative estimate of drug-likeness (QED) is 0.499. The summed E-state index contributed by atoms with van der Waals surface area (Å²) in [5, 5.41) is 0. The van der Waals surface area contributed by atoms with Gasteiger partial charge >= 0.3 is 0 Å². The number of anilines is 2. The lowest BCUT2D eigenvalue weighted by Gasteiger charge is -2.37. The number of nitrogens with zero attached hydrogens (tertiary/aromatic N) is 4. The molecule has 0 amide bonds. The molecule has 6 heteroatoms. The van der Waals surface area contributed by atoms with E-state index in [1.54, 1.807) is 0 Å². The van der Waals surface area contributed by atoms with Crippen LogP contribution in [0.3, 0.4) is 0 Å². The Morgan fingerprint density at radius 1 is 0.688 bits per heavy atom. The molecule has 0 aromatic heterocycles. The van der Waals surface area contributed by atoms with E-state index in [1.165, 1.54) is 11.4 Å². The number of piperazine rings is 1. The van der Waals surface area contributed by atoms with Crippen LogP contribution in [0.4, 0.5) is 11.4 Å². The van der Waals surface area contributed by atoms with Gasteiger partial charge in [0.1, 0.15) is 9.98 Å². The van der Waals surface area contributed by atoms with Crippen LogP contribution >= 0.6 is 24.4 Å². The third-order valence-corrected chi connectivity index (χ3v) is 6.94. The van der Waals surface area contributed by atoms with E-state index in [9.17, 15) is 0 Å². The molecule has 1 fully saturated rings. The largest absolute Gasteiger partial charge is 0.378 e. The van der Waals surface area contributed by atoms with E-state index in [2.05, 4.69) is 96.1 Å². The van der Waals surface area contributed by atoms with Crippen molar-refractivity contribution in [2.45, 2.75) is 26.7 Å². The van der Waals surface area contributed by atoms with Gasteiger partial charge in [-0.2, -0.15) is 0 Å². The predicted molar refractivity (Wildman–Crippen MR) is 147 cm³/mol. The minimum atomic E-state index is 0.896. The molecule has 0 spiro atoms. The summed E-state index contributed by atoms with van der Waals surface area (Å²) in [7, 11) is 4.10. The van der Waals surface area contributed by atoms with Gasteiger partial charge in [0, 0.05) is 75.9 Å². The monoisotopic (exact) mass is 468 g/mol. The Labute approximate surface area is 204 Å². The predicted octanol–water partition coefficient (Wildman–Crippen LogP) is 5.05. The first-order valence-corrected chi connectivity index (χ1v) is 12.5. The highest BCUT2D eigenvalue weighted by molar-refractivity contribution is 7.81. The van der Waals surface area contributed by atoms with E-state index in [4.69, 9.17) is 24.4 Å². The molecule has 0 aliphatic carbocycles. The maximum Gasteiger partial charge on any atom is 0.109 e. The number of hydrogen-bond donors (Lipinski definition) is 0. The van der Waals surface area contributed by atoms with E-state index < -0.39 is 0 Å². The Kier molecular flexibility index (Phi) is 8.88. The summed E-state index contributed by atoms with van der Waals surface area (Å²) in [6.45, 7) is 10.2. The second-order valence-electron chi connectivity index (χ2n) is 8.56. The first kappa shape index (κ1) is 24.5. The molecule has 0 unspecified atom stereocenters. The highest BCUT2D eigenvalue weighted by Crippen LogP contribution is 2.20. The van der Waals surface area contributed by atoms with Crippen molar-refractivity contribution in [2.75, 3.05) is 63.2 Å². The standard InChI is InChI=1S/C26H36N4S2/c1-5-15-28(16-6-2)24-13-9-22(10-14-24)26(32)30-19-17-29(18-20-30)25(31)21-7-11-23(12-8-21)27(3)4/h7-14H,5-6,15-20H2,1-4H3. The molecule has 2 aromatic carbocycles. The van der Waals surface area contributed by atoms with Gasteiger partial charge in [0.05, 0.1) is 0 Å². The molecule has 1 aliphatic heterocycles. The molecule has 2 aromatic rings. The van der Waals surface area contributed by atoms with Gasteiger partial charge in [0.25, 0.3) is 0 Å². The topological polar surface area (TPSA) is 13.0 Å². The van der Waals surface area contributed by atoms with Crippen LogP contribution in [0.5, 0.6) is 0 Å². The zero-order chi connectivity index (χ0) is 23.1. The van der Waals surface area contributed by atoms with Gasteiger partial charge in [0.15, 0.2) is 0 Å². The lowest BCUT2D eigenvalue weighted by atomic mass is 10.1. The van der Waals surface area contributed by atoms with Gasteiger partial charge in [-0.05, 0) is 61.4 Å². The van der Waals surface area contributed by atoms with Gasteiger partial charge in [0.2, 0.25) is 0 Å². The van der Waals surface area contributed by atoms with Crippen LogP contribution in [-0.2, 0) is 0 Å². The zero-order valence-electron chi connectivity index (χ0n) is 19.9. The van der Waals surface area contributed by atoms with Crippen LogP contribution in [0, 0.1) is 0 Å². The summed E-state index contributed by atoms with van der Waals surface area (Å²) in [4.78, 5) is 11.0. The fourth-order valence-electron chi connectivity index (χ4n) is 4.10. The molecule has 32 heavy (non-hydrogen) atoms. The fourth-order valence-corrected chi connectivity index (χ4v) is 4.74. The minimum absolute atomic E-state index is 0.896. The molecule has 0 atom stereocenters. The van der Waals surface area contributed by atoms with E-state index in [0.717, 1.165) is 73.2 Å². The Hall–Kier alpha value is -2.18. The Bertz CT molecular complexity index is 879. The van der Waals surface area contributed by atoms with Gasteiger partial charge in [-0.1, -0.05) is 38.3 Å². The second-order valence-corrected chi connectivity index (χ2v) is 9.33. The maximum atomic E-state index is 5.84. The molecule has 0 radical (unpaired) electrons. The normalized spacial score (nSPS) is 13.8. The summed E-state index contributed by atoms with van der Waals surface area (Å²) in [6, 6.07) is 17.3. The van der Waals surface area contributed by atoms with Crippen LogP contribution in [0.1, 0.15) is 37.8 Å². The molecular weight excluding hydrogens is 432 g/mol. The smallest absolute Gasteiger partial charge is 0.109 e. The summed E-state index contributed by atoms with van der Waals surface area (Å²) >= 11 is 11.6. The fraction of sp³-hybridized carbons (Fsp3) is 0.462. The lowest BCUT2D eigenvalue weighted by Crippen LogP contribution is -2.50. The first-order valence-electron chi connectivity index (χ1n) is 11.7. The molecule has 3 rings (SSSR count). The van der Waals surface area contributed by atoms with Crippen LogP contribution in [0.15, 0.2) is 48.5 Å². The van der Waals surface area contributed by atoms with Gasteiger partial charge < -0.3 is 19.6 Å². The molecule has 0 bridgehead atoms. The van der Waals surface area contributed by atoms with E-state index in [1.807, 2.05) is 0 Å². The van der Waals surface area contributed by atoms with Crippen LogP contribution in [0.2, 0.25) is 0 Å². The van der Waals surface area contributed by atoms with Crippen molar-refractivity contribution in [3.63, 3.8) is 0 Å². The second kappa shape index (κ2) is 11.6. The number of benzene rings is 2. The summed E-state index contributed by atoms with van der Waals surface area (Å²) in [5.74, 6) is 0. The average Bonchev–Trinajstić information content (AvgIpc) is 2.83. The molecule has 4 nitrogen and oxygen atoms in total. The third kappa shape index (κ3) is 5.99. The van der Waals surface area contributed by atoms with Crippen molar-refractivity contribution in [1.29, 1.82) is 0 Å². The van der Waals surface area contributed by atoms with Crippen molar-refractivity contribution in [1.82, 2.24) is 9.80 Å². The van der Waals surface area contributed by atoms with E-state index in [0.29, 0.717) is 0 Å². The van der Waals surface area contributed by atoms with Crippen LogP contribution in [0.25, 0.3) is 0 Å². The van der Waals surface area contributed by atoms with E-state index in [-0.39, 0.29) is 0 Å². The SMILES string of the molecule is CCCN(CCC)c1ccc(C(=S)N2CCN(C(=S)c3ccc(N(C)C)cc3)CC2)cc1. The van der Waals surface area contributed by atoms with Crippen LogP contribution in [-0.4, -0.2) is 73.1 Å². The van der Waals surface area contributed by atoms with Crippen molar-refractivity contribution < 1.29 is 0 Å². The molecule has 0 N–H and O–H groups in total. The van der Waals surface area contributed by atoms with Crippen molar-refractivity contribution in [3.8, 4) is 0 Å². The number of thiocarbonyl (C=S) groups is 2. The van der Waals surface area contributed by atoms with Crippen molar-refractivity contribution in [3.05, 3.63) is 59.7 Å². The van der Waals surface area contributed by atoms with Crippen molar-refractivity contribution >= 4 is 45.8 Å². The van der Waals surface area contributed by atoms with Gasteiger partial charge in [-0.15, -0.1) is 0 Å². The number of hydrogen-bond acceptors (Lipinski definition) is 4. The Balaban J connectivity index is 1.57. The maximum absolute atomic E-state index is 5.84. The highest BCUT2D eigenvalue weighted by atomic mass is 32.1. The first-order chi connectivity index (χ1) is 15.4. The van der Waals surface area contributed by atoms with Crippen molar-refractivity contribution in [2.24, 2.45) is 0 Å². The Morgan fingerprint density at radius 3 is 1.41 bits per heavy atom. The zero-order valence-corrected chi connectivity index (χ0v) is 21.5. The van der Waals surface area contributed by atoms with Crippen LogP contribution < -0.4 is 9.80 Å². The third-order valence-electron chi connectivity index (χ3n) is 5.95. The molecule has 1 heterocycles. The van der Waals surface area contributed by atoms with E-state index >= 15 is 0 Å². The molecule has 0 saturated carbocycles. The van der Waals surface area contributed by atoms with Gasteiger partial charge in [-0.3, -0.25) is 0 Å². The molecule has 1 saturated heterocycles. The Morgan fingerprint density at radius 2 is 1.06 bits per heavy atom. The minimum Gasteiger partial charge on any atom is -0.378 e. The average molecular weight is 469 g/mol. The summed E-state index contributed by atoms with van der Waals surface area (Å²) in [5.41, 5.74) is 4.72.